The smallest absolute Gasteiger partial charge is 0.146 e. The van der Waals surface area contributed by atoms with Gasteiger partial charge in [0.05, 0.1) is 37.7 Å². The summed E-state index contributed by atoms with van der Waals surface area (Å²) in [7, 11) is 0. The van der Waals surface area contributed by atoms with Crippen LogP contribution >= 0.6 is 0 Å². The Labute approximate surface area is 235 Å². The third-order valence-corrected chi connectivity index (χ3v) is 5.97. The van der Waals surface area contributed by atoms with Crippen molar-refractivity contribution in [1.29, 1.82) is 0 Å². The maximum absolute atomic E-state index is 9.18. The first-order valence-corrected chi connectivity index (χ1v) is 10.6. The second-order valence-electron chi connectivity index (χ2n) is 7.79. The third kappa shape index (κ3) is 2.61. The summed E-state index contributed by atoms with van der Waals surface area (Å²) in [6.07, 6.45) is -0.853. The van der Waals surface area contributed by atoms with Gasteiger partial charge in [0.1, 0.15) is 18.1 Å². The van der Waals surface area contributed by atoms with Gasteiger partial charge in [-0.1, -0.05) is 96.7 Å². The second kappa shape index (κ2) is 7.34. The summed E-state index contributed by atoms with van der Waals surface area (Å²) in [6, 6.07) is -15.0. The normalized spacial score (nSPS) is 19.7. The van der Waals surface area contributed by atoms with Crippen molar-refractivity contribution >= 4 is 54.5 Å². The highest BCUT2D eigenvalue weighted by molar-refractivity contribution is 6.25. The number of para-hydroxylation sites is 1. The van der Waals surface area contributed by atoms with Gasteiger partial charge in [-0.05, 0) is 50.8 Å². The molecule has 0 aliphatic rings. The summed E-state index contributed by atoms with van der Waals surface area (Å²) >= 11 is 0. The minimum absolute atomic E-state index is 0.240. The van der Waals surface area contributed by atoms with E-state index in [1.54, 1.807) is 0 Å². The zero-order chi connectivity index (χ0) is 41.0. The van der Waals surface area contributed by atoms with Crippen molar-refractivity contribution in [1.82, 2.24) is 0 Å². The van der Waals surface area contributed by atoms with Gasteiger partial charge in [0.2, 0.25) is 0 Å². The largest absolute Gasteiger partial charge is 0.463 e. The number of hydrogen-bond acceptors (Lipinski definition) is 2. The highest BCUT2D eigenvalue weighted by atomic mass is 16.3. The number of hydrogen-bond donors (Lipinski definition) is 0. The molecule has 168 valence electrons. The number of benzene rings is 6. The van der Waals surface area contributed by atoms with Crippen molar-refractivity contribution in [3.63, 3.8) is 0 Å². The molecule has 8 rings (SSSR count). The van der Waals surface area contributed by atoms with Crippen molar-refractivity contribution in [3.8, 4) is 22.3 Å². The van der Waals surface area contributed by atoms with Crippen LogP contribution in [0.1, 0.15) is 27.4 Å². The van der Waals surface area contributed by atoms with E-state index in [0.29, 0.717) is 0 Å². The van der Waals surface area contributed by atoms with Gasteiger partial charge in [0.15, 0.2) is 0 Å². The molecule has 0 aliphatic heterocycles. The van der Waals surface area contributed by atoms with Crippen LogP contribution in [0.25, 0.3) is 76.7 Å². The highest BCUT2D eigenvalue weighted by Gasteiger charge is 2.21. The fraction of sp³-hybridized carbons (Fsp3) is 0. The van der Waals surface area contributed by atoms with Crippen LogP contribution in [0.4, 0.5) is 0 Å². The Kier molecular flexibility index (Phi) is 1.71. The monoisotopic (exact) mass is 480 g/mol. The van der Waals surface area contributed by atoms with E-state index < -0.39 is 187 Å². The van der Waals surface area contributed by atoms with Gasteiger partial charge in [-0.25, -0.2) is 0 Å². The average Bonchev–Trinajstić information content (AvgIpc) is 3.74. The van der Waals surface area contributed by atoms with E-state index in [1.165, 1.54) is 0 Å². The summed E-state index contributed by atoms with van der Waals surface area (Å²) in [5.41, 5.74) is -3.42. The Hall–Kier alpha value is -4.82. The topological polar surface area (TPSA) is 26.3 Å². The summed E-state index contributed by atoms with van der Waals surface area (Å²) < 4.78 is 186. The molecule has 0 N–H and O–H groups in total. The van der Waals surface area contributed by atoms with Crippen molar-refractivity contribution < 1.29 is 36.2 Å². The SMILES string of the molecule is [2H]c1oc2c(c([2H])c([2H])c3oc4c([2H])c([2H])c([2H])c([2H])c4c32)c1-c1c2c([2H])c([2H])c([2H])c([2H])c2c(-c2c([2H])c([2H])c([2H])c([2H])c2[2H])c2c([2H])c([2H])c([2H])c([2H])c12. The van der Waals surface area contributed by atoms with Crippen LogP contribution in [0.5, 0.6) is 0 Å². The van der Waals surface area contributed by atoms with E-state index in [0.717, 1.165) is 0 Å². The maximum atomic E-state index is 9.18. The van der Waals surface area contributed by atoms with Crippen molar-refractivity contribution in [2.45, 2.75) is 0 Å². The van der Waals surface area contributed by atoms with Crippen LogP contribution < -0.4 is 0 Å². The minimum atomic E-state index is -0.860. The van der Waals surface area contributed by atoms with Gasteiger partial charge >= 0.3 is 0 Å². The van der Waals surface area contributed by atoms with Crippen LogP contribution in [0.15, 0.2) is 130 Å². The zero-order valence-corrected chi connectivity index (χ0v) is 17.8. The molecule has 0 aliphatic carbocycles. The van der Waals surface area contributed by atoms with Crippen LogP contribution in [-0.2, 0) is 0 Å². The van der Waals surface area contributed by atoms with E-state index in [2.05, 4.69) is 0 Å². The van der Waals surface area contributed by atoms with E-state index in [-0.39, 0.29) is 10.8 Å². The average molecular weight is 481 g/mol. The lowest BCUT2D eigenvalue weighted by Gasteiger charge is -2.17. The molecule has 2 nitrogen and oxygen atoms in total. The fourth-order valence-electron chi connectivity index (χ4n) is 4.53. The van der Waals surface area contributed by atoms with Gasteiger partial charge in [-0.2, -0.15) is 0 Å². The molecule has 6 aromatic carbocycles. The summed E-state index contributed by atoms with van der Waals surface area (Å²) in [6.45, 7) is 0. The summed E-state index contributed by atoms with van der Waals surface area (Å²) in [5.74, 6) is 0. The van der Waals surface area contributed by atoms with E-state index in [9.17, 15) is 2.74 Å². The maximum Gasteiger partial charge on any atom is 0.146 e. The quantitative estimate of drug-likeness (QED) is 0.230. The highest BCUT2D eigenvalue weighted by Crippen LogP contribution is 2.47. The molecule has 0 saturated heterocycles. The van der Waals surface area contributed by atoms with Crippen LogP contribution in [0.3, 0.4) is 0 Å². The molecule has 2 heterocycles. The van der Waals surface area contributed by atoms with Gasteiger partial charge < -0.3 is 8.83 Å². The predicted octanol–water partition coefficient (Wildman–Crippen LogP) is 9.97. The molecule has 0 bridgehead atoms. The molecule has 0 fully saturated rings. The van der Waals surface area contributed by atoms with Crippen LogP contribution in [0.2, 0.25) is 0 Å². The van der Waals surface area contributed by atoms with Gasteiger partial charge in [-0.15, -0.1) is 0 Å². The molecule has 0 saturated carbocycles. The van der Waals surface area contributed by atoms with Crippen molar-refractivity contribution in [2.24, 2.45) is 0 Å². The number of furan rings is 2. The lowest BCUT2D eigenvalue weighted by atomic mass is 9.86. The molecule has 36 heavy (non-hydrogen) atoms. The third-order valence-electron chi connectivity index (χ3n) is 5.97. The first-order chi connectivity index (χ1) is 26.2. The molecular formula is C34H20O2. The molecule has 0 atom stereocenters. The minimum Gasteiger partial charge on any atom is -0.463 e. The van der Waals surface area contributed by atoms with E-state index in [1.807, 2.05) is 0 Å². The number of rotatable bonds is 2. The standard InChI is InChI=1S/C34H20O2/c1-2-10-21(11-3-1)31-22-12-4-6-14-24(22)32(25-15-7-5-13-23(25)31)28-20-35-34-26(28)18-19-30-33(34)27-16-8-9-17-29(27)36-30/h1-20H/i1D,2D,3D,4D,5D,6D,7D,8D,9D,10D,11D,12D,13D,14D,15D,16D,17D,18D,19D,20D. The van der Waals surface area contributed by atoms with Gasteiger partial charge in [0.25, 0.3) is 0 Å². The molecule has 0 unspecified atom stereocenters. The van der Waals surface area contributed by atoms with Crippen molar-refractivity contribution in [3.05, 3.63) is 121 Å². The molecule has 0 spiro atoms. The van der Waals surface area contributed by atoms with Crippen LogP contribution in [0, 0.1) is 0 Å². The Morgan fingerprint density at radius 2 is 1.06 bits per heavy atom. The van der Waals surface area contributed by atoms with E-state index >= 15 is 0 Å². The Morgan fingerprint density at radius 3 is 1.75 bits per heavy atom. The molecule has 2 aromatic heterocycles. The Morgan fingerprint density at radius 1 is 0.472 bits per heavy atom. The zero-order valence-electron chi connectivity index (χ0n) is 37.8. The molecule has 8 aromatic rings. The summed E-state index contributed by atoms with van der Waals surface area (Å²) in [4.78, 5) is 0. The first kappa shape index (κ1) is 8.39. The Balaban J connectivity index is 1.75. The summed E-state index contributed by atoms with van der Waals surface area (Å²) in [5, 5.41) is -3.13. The second-order valence-corrected chi connectivity index (χ2v) is 7.79. The molecule has 0 radical (unpaired) electrons. The fourth-order valence-corrected chi connectivity index (χ4v) is 4.53. The Bertz CT molecular complexity index is 3090. The lowest BCUT2D eigenvalue weighted by Crippen LogP contribution is -1.90. The van der Waals surface area contributed by atoms with E-state index in [4.69, 9.17) is 33.5 Å². The molecule has 0 amide bonds. The lowest BCUT2D eigenvalue weighted by molar-refractivity contribution is 0.619. The van der Waals surface area contributed by atoms with Crippen LogP contribution in [-0.4, -0.2) is 0 Å². The molecular weight excluding hydrogens is 440 g/mol. The molecule has 2 heteroatoms. The first-order valence-electron chi connectivity index (χ1n) is 20.6. The number of fused-ring (bicyclic) bond motifs is 7. The van der Waals surface area contributed by atoms with Gasteiger partial charge in [-0.3, -0.25) is 0 Å². The van der Waals surface area contributed by atoms with Crippen molar-refractivity contribution in [2.75, 3.05) is 0 Å². The van der Waals surface area contributed by atoms with Gasteiger partial charge in [0, 0.05) is 21.9 Å². The predicted molar refractivity (Wildman–Crippen MR) is 149 cm³/mol.